The van der Waals surface area contributed by atoms with Gasteiger partial charge in [-0.3, -0.25) is 15.5 Å². The first-order valence-electron chi connectivity index (χ1n) is 5.52. The summed E-state index contributed by atoms with van der Waals surface area (Å²) in [5.41, 5.74) is 2.20. The van der Waals surface area contributed by atoms with E-state index in [4.69, 9.17) is 0 Å². The molecular formula is C11H9BrN4O4S. The molecule has 1 heterocycles. The minimum Gasteiger partial charge on any atom is -0.292 e. The molecule has 0 saturated carbocycles. The zero-order valence-electron chi connectivity index (χ0n) is 10.4. The van der Waals surface area contributed by atoms with Gasteiger partial charge in [0.15, 0.2) is 0 Å². The second-order valence-electron chi connectivity index (χ2n) is 3.84. The standard InChI is InChI=1S/C11H9BrN4O4S/c12-8-1-4-10(5-2-8)21(19,20)15-14-11-6-3-9(7-13-11)16(17)18/h1-7,15H,(H,13,14). The van der Waals surface area contributed by atoms with Crippen molar-refractivity contribution in [2.45, 2.75) is 4.90 Å². The Hall–Kier alpha value is -2.04. The highest BCUT2D eigenvalue weighted by Crippen LogP contribution is 2.15. The summed E-state index contributed by atoms with van der Waals surface area (Å²) in [6, 6.07) is 8.55. The summed E-state index contributed by atoms with van der Waals surface area (Å²) in [6.07, 6.45) is 1.02. The molecule has 0 fully saturated rings. The van der Waals surface area contributed by atoms with Crippen LogP contribution in [0, 0.1) is 10.1 Å². The van der Waals surface area contributed by atoms with E-state index in [2.05, 4.69) is 31.2 Å². The third-order valence-electron chi connectivity index (χ3n) is 2.40. The Morgan fingerprint density at radius 2 is 1.81 bits per heavy atom. The number of anilines is 1. The van der Waals surface area contributed by atoms with Crippen LogP contribution in [0.3, 0.4) is 0 Å². The van der Waals surface area contributed by atoms with E-state index in [1.165, 1.54) is 24.3 Å². The fourth-order valence-corrected chi connectivity index (χ4v) is 2.48. The van der Waals surface area contributed by atoms with Crippen LogP contribution in [-0.4, -0.2) is 18.3 Å². The van der Waals surface area contributed by atoms with Crippen LogP contribution < -0.4 is 10.3 Å². The maximum atomic E-state index is 12.0. The number of hydrazine groups is 1. The van der Waals surface area contributed by atoms with Crippen LogP contribution in [0.15, 0.2) is 52.0 Å². The summed E-state index contributed by atoms with van der Waals surface area (Å²) in [4.78, 5) is 15.8. The van der Waals surface area contributed by atoms with Gasteiger partial charge >= 0.3 is 0 Å². The summed E-state index contributed by atoms with van der Waals surface area (Å²) >= 11 is 3.21. The summed E-state index contributed by atoms with van der Waals surface area (Å²) in [5, 5.41) is 10.5. The molecule has 0 amide bonds. The number of sulfonamides is 1. The fourth-order valence-electron chi connectivity index (χ4n) is 1.36. The van der Waals surface area contributed by atoms with Gasteiger partial charge < -0.3 is 0 Å². The van der Waals surface area contributed by atoms with Crippen LogP contribution in [0.4, 0.5) is 11.5 Å². The number of nitrogens with zero attached hydrogens (tertiary/aromatic N) is 2. The Morgan fingerprint density at radius 3 is 2.33 bits per heavy atom. The van der Waals surface area contributed by atoms with Crippen molar-refractivity contribution in [2.75, 3.05) is 5.43 Å². The topological polar surface area (TPSA) is 114 Å². The van der Waals surface area contributed by atoms with Crippen LogP contribution in [0.1, 0.15) is 0 Å². The van der Waals surface area contributed by atoms with Crippen LogP contribution in [0.2, 0.25) is 0 Å². The van der Waals surface area contributed by atoms with E-state index < -0.39 is 14.9 Å². The molecule has 10 heteroatoms. The Bertz CT molecular complexity index is 747. The largest absolute Gasteiger partial charge is 0.292 e. The van der Waals surface area contributed by atoms with Gasteiger partial charge in [0.05, 0.1) is 9.82 Å². The van der Waals surface area contributed by atoms with Crippen molar-refractivity contribution >= 4 is 37.5 Å². The van der Waals surface area contributed by atoms with E-state index in [9.17, 15) is 18.5 Å². The first-order chi connectivity index (χ1) is 9.88. The molecular weight excluding hydrogens is 364 g/mol. The summed E-state index contributed by atoms with van der Waals surface area (Å²) in [5.74, 6) is 0.140. The zero-order valence-corrected chi connectivity index (χ0v) is 12.8. The van der Waals surface area contributed by atoms with Gasteiger partial charge in [0.1, 0.15) is 12.0 Å². The highest BCUT2D eigenvalue weighted by atomic mass is 79.9. The number of halogens is 1. The Kier molecular flexibility index (Phi) is 4.50. The van der Waals surface area contributed by atoms with Crippen molar-refractivity contribution in [2.24, 2.45) is 0 Å². The SMILES string of the molecule is O=[N+]([O-])c1ccc(NNS(=O)(=O)c2ccc(Br)cc2)nc1. The number of hydrogen-bond acceptors (Lipinski definition) is 6. The molecule has 0 saturated heterocycles. The molecule has 0 spiro atoms. The van der Waals surface area contributed by atoms with Gasteiger partial charge in [-0.25, -0.2) is 13.4 Å². The molecule has 1 aromatic carbocycles. The van der Waals surface area contributed by atoms with E-state index in [-0.39, 0.29) is 16.4 Å². The third-order valence-corrected chi connectivity index (χ3v) is 4.19. The lowest BCUT2D eigenvalue weighted by Gasteiger charge is -2.08. The quantitative estimate of drug-likeness (QED) is 0.613. The average Bonchev–Trinajstić information content (AvgIpc) is 2.46. The van der Waals surface area contributed by atoms with Gasteiger partial charge in [-0.05, 0) is 30.3 Å². The Balaban J connectivity index is 2.08. The van der Waals surface area contributed by atoms with E-state index in [0.717, 1.165) is 10.7 Å². The summed E-state index contributed by atoms with van der Waals surface area (Å²) < 4.78 is 24.7. The molecule has 0 atom stereocenters. The molecule has 0 bridgehead atoms. The van der Waals surface area contributed by atoms with Gasteiger partial charge in [0, 0.05) is 10.5 Å². The van der Waals surface area contributed by atoms with Gasteiger partial charge in [-0.1, -0.05) is 15.9 Å². The minimum absolute atomic E-state index is 0.0695. The van der Waals surface area contributed by atoms with E-state index >= 15 is 0 Å². The number of nitro groups is 1. The highest BCUT2D eigenvalue weighted by molar-refractivity contribution is 9.10. The fraction of sp³-hybridized carbons (Fsp3) is 0. The predicted molar refractivity (Wildman–Crippen MR) is 79.0 cm³/mol. The Morgan fingerprint density at radius 1 is 1.14 bits per heavy atom. The van der Waals surface area contributed by atoms with Crippen LogP contribution in [0.25, 0.3) is 0 Å². The lowest BCUT2D eigenvalue weighted by atomic mass is 10.4. The highest BCUT2D eigenvalue weighted by Gasteiger charge is 2.13. The zero-order chi connectivity index (χ0) is 15.5. The molecule has 0 aliphatic rings. The molecule has 0 unspecified atom stereocenters. The molecule has 2 N–H and O–H groups in total. The predicted octanol–water partition coefficient (Wildman–Crippen LogP) is 2.06. The summed E-state index contributed by atoms with van der Waals surface area (Å²) in [7, 11) is -3.76. The van der Waals surface area contributed by atoms with E-state index in [1.807, 2.05) is 0 Å². The van der Waals surface area contributed by atoms with Crippen LogP contribution in [0.5, 0.6) is 0 Å². The second kappa shape index (κ2) is 6.16. The van der Waals surface area contributed by atoms with Gasteiger partial charge in [0.25, 0.3) is 15.7 Å². The lowest BCUT2D eigenvalue weighted by Crippen LogP contribution is -2.29. The number of rotatable bonds is 5. The second-order valence-corrected chi connectivity index (χ2v) is 6.44. The lowest BCUT2D eigenvalue weighted by molar-refractivity contribution is -0.385. The van der Waals surface area contributed by atoms with Crippen molar-refractivity contribution in [3.8, 4) is 0 Å². The number of aromatic nitrogens is 1. The monoisotopic (exact) mass is 372 g/mol. The van der Waals surface area contributed by atoms with Crippen molar-refractivity contribution in [3.63, 3.8) is 0 Å². The van der Waals surface area contributed by atoms with Gasteiger partial charge in [-0.15, -0.1) is 4.83 Å². The normalized spacial score (nSPS) is 11.1. The smallest absolute Gasteiger partial charge is 0.287 e. The minimum atomic E-state index is -3.76. The van der Waals surface area contributed by atoms with Crippen molar-refractivity contribution < 1.29 is 13.3 Å². The van der Waals surface area contributed by atoms with E-state index in [1.54, 1.807) is 12.1 Å². The molecule has 0 radical (unpaired) electrons. The Labute approximate surface area is 128 Å². The van der Waals surface area contributed by atoms with Crippen LogP contribution >= 0.6 is 15.9 Å². The first kappa shape index (κ1) is 15.4. The molecule has 2 rings (SSSR count). The first-order valence-corrected chi connectivity index (χ1v) is 7.80. The maximum Gasteiger partial charge on any atom is 0.287 e. The number of benzene rings is 1. The van der Waals surface area contributed by atoms with Crippen molar-refractivity contribution in [1.29, 1.82) is 0 Å². The van der Waals surface area contributed by atoms with Crippen LogP contribution in [-0.2, 0) is 10.0 Å². The average molecular weight is 373 g/mol. The van der Waals surface area contributed by atoms with E-state index in [0.29, 0.717) is 0 Å². The van der Waals surface area contributed by atoms with Crippen molar-refractivity contribution in [3.05, 3.63) is 57.2 Å². The number of nitrogens with one attached hydrogen (secondary N) is 2. The van der Waals surface area contributed by atoms with Gasteiger partial charge in [-0.2, -0.15) is 0 Å². The molecule has 110 valence electrons. The summed E-state index contributed by atoms with van der Waals surface area (Å²) in [6.45, 7) is 0. The molecule has 0 aliphatic carbocycles. The van der Waals surface area contributed by atoms with Crippen molar-refractivity contribution in [1.82, 2.24) is 9.82 Å². The number of hydrogen-bond donors (Lipinski definition) is 2. The van der Waals surface area contributed by atoms with Gasteiger partial charge in [0.2, 0.25) is 0 Å². The number of pyridine rings is 1. The molecule has 2 aromatic rings. The molecule has 21 heavy (non-hydrogen) atoms. The molecule has 0 aliphatic heterocycles. The third kappa shape index (κ3) is 3.97. The molecule has 8 nitrogen and oxygen atoms in total. The maximum absolute atomic E-state index is 12.0. The molecule has 1 aromatic heterocycles.